The molecule has 19 heavy (non-hydrogen) atoms. The summed E-state index contributed by atoms with van der Waals surface area (Å²) in [4.78, 5) is 8.69. The molecule has 1 saturated carbocycles. The molecule has 6 heteroatoms. The number of thioether (sulfide) groups is 1. The Kier molecular flexibility index (Phi) is 3.66. The van der Waals surface area contributed by atoms with Crippen molar-refractivity contribution in [1.29, 1.82) is 0 Å². The predicted molar refractivity (Wildman–Crippen MR) is 81.2 cm³/mol. The van der Waals surface area contributed by atoms with Gasteiger partial charge in [0.1, 0.15) is 11.6 Å². The zero-order valence-corrected chi connectivity index (χ0v) is 13.1. The van der Waals surface area contributed by atoms with Gasteiger partial charge in [-0.25, -0.2) is 15.8 Å². The molecule has 106 valence electrons. The van der Waals surface area contributed by atoms with Crippen molar-refractivity contribution in [3.63, 3.8) is 0 Å². The summed E-state index contributed by atoms with van der Waals surface area (Å²) in [5.74, 6) is 7.53. The van der Waals surface area contributed by atoms with Gasteiger partial charge < -0.3 is 10.7 Å². The van der Waals surface area contributed by atoms with E-state index in [9.17, 15) is 0 Å². The minimum absolute atomic E-state index is 0.379. The quantitative estimate of drug-likeness (QED) is 0.333. The molecular formula is C13H23N5S. The molecule has 5 nitrogen and oxygen atoms in total. The van der Waals surface area contributed by atoms with Crippen molar-refractivity contribution in [3.05, 3.63) is 6.07 Å². The zero-order valence-electron chi connectivity index (χ0n) is 12.2. The SMILES string of the molecule is CSc1nc(NN)cc(NCC2C(C)(C)C2(C)C)n1. The Bertz CT molecular complexity index is 436. The lowest BCUT2D eigenvalue weighted by Crippen LogP contribution is -2.13. The Morgan fingerprint density at radius 2 is 1.79 bits per heavy atom. The number of rotatable bonds is 5. The van der Waals surface area contributed by atoms with E-state index in [1.54, 1.807) is 0 Å². The van der Waals surface area contributed by atoms with Gasteiger partial charge in [-0.2, -0.15) is 0 Å². The van der Waals surface area contributed by atoms with E-state index < -0.39 is 0 Å². The van der Waals surface area contributed by atoms with Crippen LogP contribution < -0.4 is 16.6 Å². The molecule has 0 aliphatic heterocycles. The normalized spacial score (nSPS) is 20.1. The smallest absolute Gasteiger partial charge is 0.191 e. The van der Waals surface area contributed by atoms with Crippen LogP contribution in [0.2, 0.25) is 0 Å². The third-order valence-electron chi connectivity index (χ3n) is 4.84. The fraction of sp³-hybridized carbons (Fsp3) is 0.692. The fourth-order valence-corrected chi connectivity index (χ4v) is 3.11. The highest BCUT2D eigenvalue weighted by Crippen LogP contribution is 2.68. The fourth-order valence-electron chi connectivity index (χ4n) is 2.73. The molecule has 0 aromatic carbocycles. The Labute approximate surface area is 119 Å². The monoisotopic (exact) mass is 281 g/mol. The lowest BCUT2D eigenvalue weighted by Gasteiger charge is -2.09. The number of nitrogens with two attached hydrogens (primary N) is 1. The van der Waals surface area contributed by atoms with E-state index >= 15 is 0 Å². The molecule has 1 aromatic heterocycles. The van der Waals surface area contributed by atoms with Crippen LogP contribution in [0.5, 0.6) is 0 Å². The van der Waals surface area contributed by atoms with E-state index in [-0.39, 0.29) is 0 Å². The van der Waals surface area contributed by atoms with Gasteiger partial charge in [0.25, 0.3) is 0 Å². The summed E-state index contributed by atoms with van der Waals surface area (Å²) in [6.07, 6.45) is 1.95. The molecule has 0 amide bonds. The van der Waals surface area contributed by atoms with E-state index in [0.29, 0.717) is 27.7 Å². The first-order valence-electron chi connectivity index (χ1n) is 6.46. The molecule has 0 atom stereocenters. The van der Waals surface area contributed by atoms with Crippen LogP contribution in [0.15, 0.2) is 11.2 Å². The standard InChI is InChI=1S/C13H23N5S/c1-12(2)8(13(12,3)4)7-15-9-6-10(18-14)17-11(16-9)19-5/h6,8H,7,14H2,1-5H3,(H2,15,16,17,18). The minimum Gasteiger partial charge on any atom is -0.370 e. The van der Waals surface area contributed by atoms with E-state index in [1.165, 1.54) is 11.8 Å². The molecule has 0 unspecified atom stereocenters. The van der Waals surface area contributed by atoms with Crippen LogP contribution >= 0.6 is 11.8 Å². The van der Waals surface area contributed by atoms with Crippen LogP contribution in [0.3, 0.4) is 0 Å². The maximum absolute atomic E-state index is 5.42. The van der Waals surface area contributed by atoms with Crippen molar-refractivity contribution in [1.82, 2.24) is 9.97 Å². The van der Waals surface area contributed by atoms with Gasteiger partial charge in [-0.05, 0) is 23.0 Å². The largest absolute Gasteiger partial charge is 0.370 e. The van der Waals surface area contributed by atoms with Gasteiger partial charge in [-0.1, -0.05) is 39.5 Å². The molecule has 1 aromatic rings. The molecule has 1 fully saturated rings. The maximum Gasteiger partial charge on any atom is 0.191 e. The predicted octanol–water partition coefficient (Wildman–Crippen LogP) is 2.58. The molecule has 4 N–H and O–H groups in total. The number of anilines is 2. The number of aromatic nitrogens is 2. The molecule has 0 bridgehead atoms. The molecule has 0 saturated heterocycles. The van der Waals surface area contributed by atoms with Gasteiger partial charge in [0.15, 0.2) is 5.16 Å². The topological polar surface area (TPSA) is 75.9 Å². The number of hydrogen-bond donors (Lipinski definition) is 3. The molecule has 1 heterocycles. The van der Waals surface area contributed by atoms with Crippen LogP contribution in [-0.4, -0.2) is 22.8 Å². The van der Waals surface area contributed by atoms with Gasteiger partial charge in [0.2, 0.25) is 0 Å². The zero-order chi connectivity index (χ0) is 14.3. The van der Waals surface area contributed by atoms with Gasteiger partial charge in [0.05, 0.1) is 0 Å². The summed E-state index contributed by atoms with van der Waals surface area (Å²) in [7, 11) is 0. The average Bonchev–Trinajstić information content (AvgIpc) is 2.76. The van der Waals surface area contributed by atoms with Crippen molar-refractivity contribution >= 4 is 23.4 Å². The van der Waals surface area contributed by atoms with Crippen LogP contribution in [0.1, 0.15) is 27.7 Å². The van der Waals surface area contributed by atoms with E-state index in [0.717, 1.165) is 12.4 Å². The van der Waals surface area contributed by atoms with Gasteiger partial charge >= 0.3 is 0 Å². The highest BCUT2D eigenvalue weighted by atomic mass is 32.2. The van der Waals surface area contributed by atoms with Crippen molar-refractivity contribution in [2.24, 2.45) is 22.6 Å². The Morgan fingerprint density at radius 3 is 2.26 bits per heavy atom. The maximum atomic E-state index is 5.42. The summed E-state index contributed by atoms with van der Waals surface area (Å²) >= 11 is 1.50. The summed E-state index contributed by atoms with van der Waals surface area (Å²) in [5, 5.41) is 4.12. The highest BCUT2D eigenvalue weighted by molar-refractivity contribution is 7.98. The number of nitrogens with zero attached hydrogens (tertiary/aromatic N) is 2. The van der Waals surface area contributed by atoms with E-state index in [1.807, 2.05) is 12.3 Å². The summed E-state index contributed by atoms with van der Waals surface area (Å²) in [6.45, 7) is 10.2. The number of nitrogen functional groups attached to an aromatic ring is 1. The first kappa shape index (κ1) is 14.4. The van der Waals surface area contributed by atoms with Gasteiger partial charge in [-0.15, -0.1) is 0 Å². The molecule has 0 radical (unpaired) electrons. The van der Waals surface area contributed by atoms with Crippen LogP contribution in [-0.2, 0) is 0 Å². The molecule has 1 aliphatic rings. The van der Waals surface area contributed by atoms with Crippen molar-refractivity contribution in [2.75, 3.05) is 23.5 Å². The summed E-state index contributed by atoms with van der Waals surface area (Å²) < 4.78 is 0. The second-order valence-electron chi connectivity index (χ2n) is 6.15. The number of hydrogen-bond acceptors (Lipinski definition) is 6. The van der Waals surface area contributed by atoms with Crippen LogP contribution in [0.4, 0.5) is 11.6 Å². The average molecular weight is 281 g/mol. The number of hydrazine groups is 1. The van der Waals surface area contributed by atoms with Crippen molar-refractivity contribution < 1.29 is 0 Å². The van der Waals surface area contributed by atoms with Crippen LogP contribution in [0.25, 0.3) is 0 Å². The van der Waals surface area contributed by atoms with E-state index in [2.05, 4.69) is 48.4 Å². The summed E-state index contributed by atoms with van der Waals surface area (Å²) in [6, 6.07) is 1.84. The van der Waals surface area contributed by atoms with E-state index in [4.69, 9.17) is 5.84 Å². The minimum atomic E-state index is 0.379. The summed E-state index contributed by atoms with van der Waals surface area (Å²) in [5.41, 5.74) is 3.33. The highest BCUT2D eigenvalue weighted by Gasteiger charge is 2.64. The Hall–Kier alpha value is -1.01. The van der Waals surface area contributed by atoms with Crippen molar-refractivity contribution in [2.45, 2.75) is 32.9 Å². The lowest BCUT2D eigenvalue weighted by molar-refractivity contribution is 0.457. The Morgan fingerprint density at radius 1 is 1.21 bits per heavy atom. The second-order valence-corrected chi connectivity index (χ2v) is 6.92. The van der Waals surface area contributed by atoms with Gasteiger partial charge in [-0.3, -0.25) is 0 Å². The third kappa shape index (κ3) is 2.51. The Balaban J connectivity index is 2.05. The first-order valence-corrected chi connectivity index (χ1v) is 7.69. The van der Waals surface area contributed by atoms with Crippen molar-refractivity contribution in [3.8, 4) is 0 Å². The third-order valence-corrected chi connectivity index (χ3v) is 5.39. The molecular weight excluding hydrogens is 258 g/mol. The second kappa shape index (κ2) is 4.83. The first-order chi connectivity index (χ1) is 8.82. The molecule has 2 rings (SSSR count). The molecule has 0 spiro atoms. The van der Waals surface area contributed by atoms with Crippen LogP contribution in [0, 0.1) is 16.7 Å². The molecule has 1 aliphatic carbocycles. The lowest BCUT2D eigenvalue weighted by atomic mass is 10.0. The van der Waals surface area contributed by atoms with Gasteiger partial charge in [0, 0.05) is 12.6 Å². The number of nitrogens with one attached hydrogen (secondary N) is 2.